The molecular weight excluding hydrogens is 310 g/mol. The van der Waals surface area contributed by atoms with Gasteiger partial charge in [-0.1, -0.05) is 23.8 Å². The van der Waals surface area contributed by atoms with Crippen LogP contribution in [0.3, 0.4) is 0 Å². The summed E-state index contributed by atoms with van der Waals surface area (Å²) in [5.41, 5.74) is 10.5. The maximum atomic E-state index is 6.22. The Hall–Kier alpha value is -2.75. The number of nitrogen functional groups attached to an aromatic ring is 1. The molecule has 1 aromatic heterocycles. The summed E-state index contributed by atoms with van der Waals surface area (Å²) >= 11 is 0. The number of hydrogen-bond acceptors (Lipinski definition) is 3. The number of nitrogens with two attached hydrogens (primary N) is 1. The van der Waals surface area contributed by atoms with E-state index in [0.29, 0.717) is 0 Å². The monoisotopic (exact) mass is 335 g/mol. The molecule has 0 saturated heterocycles. The molecule has 0 saturated carbocycles. The summed E-state index contributed by atoms with van der Waals surface area (Å²) in [6.07, 6.45) is 7.59. The van der Waals surface area contributed by atoms with Gasteiger partial charge in [-0.3, -0.25) is 0 Å². The SMILES string of the molecule is Cc1ccc(CCC(Cn2ccnc2)Oc2ccc(N)cc2)c(C)c1. The lowest BCUT2D eigenvalue weighted by Gasteiger charge is -2.20. The van der Waals surface area contributed by atoms with E-state index in [1.807, 2.05) is 36.8 Å². The fourth-order valence-corrected chi connectivity index (χ4v) is 3.00. The summed E-state index contributed by atoms with van der Waals surface area (Å²) < 4.78 is 8.28. The van der Waals surface area contributed by atoms with Crippen LogP contribution in [-0.2, 0) is 13.0 Å². The maximum Gasteiger partial charge on any atom is 0.119 e. The number of aryl methyl sites for hydroxylation is 3. The van der Waals surface area contributed by atoms with Gasteiger partial charge in [-0.25, -0.2) is 4.98 Å². The third kappa shape index (κ3) is 4.86. The topological polar surface area (TPSA) is 53.1 Å². The van der Waals surface area contributed by atoms with Crippen LogP contribution in [0.5, 0.6) is 5.75 Å². The first-order valence-corrected chi connectivity index (χ1v) is 8.64. The van der Waals surface area contributed by atoms with Crippen molar-refractivity contribution in [2.24, 2.45) is 0 Å². The van der Waals surface area contributed by atoms with E-state index in [2.05, 4.69) is 41.6 Å². The van der Waals surface area contributed by atoms with Crippen molar-refractivity contribution in [1.29, 1.82) is 0 Å². The molecule has 4 nitrogen and oxygen atoms in total. The number of nitrogens with zero attached hydrogens (tertiary/aromatic N) is 2. The Morgan fingerprint density at radius 1 is 1.12 bits per heavy atom. The third-order valence-electron chi connectivity index (χ3n) is 4.39. The quantitative estimate of drug-likeness (QED) is 0.660. The molecule has 3 rings (SSSR count). The third-order valence-corrected chi connectivity index (χ3v) is 4.39. The van der Waals surface area contributed by atoms with Gasteiger partial charge in [0.05, 0.1) is 12.9 Å². The molecule has 1 unspecified atom stereocenters. The van der Waals surface area contributed by atoms with Crippen molar-refractivity contribution < 1.29 is 4.74 Å². The minimum Gasteiger partial charge on any atom is -0.489 e. The fourth-order valence-electron chi connectivity index (χ4n) is 3.00. The van der Waals surface area contributed by atoms with Gasteiger partial charge in [0.1, 0.15) is 11.9 Å². The second-order valence-electron chi connectivity index (χ2n) is 6.54. The van der Waals surface area contributed by atoms with Crippen LogP contribution in [0, 0.1) is 13.8 Å². The van der Waals surface area contributed by atoms with E-state index >= 15 is 0 Å². The number of ether oxygens (including phenoxy) is 1. The van der Waals surface area contributed by atoms with E-state index in [9.17, 15) is 0 Å². The molecule has 2 N–H and O–H groups in total. The Bertz CT molecular complexity index is 795. The van der Waals surface area contributed by atoms with Gasteiger partial charge >= 0.3 is 0 Å². The van der Waals surface area contributed by atoms with Crippen molar-refractivity contribution in [3.63, 3.8) is 0 Å². The molecule has 1 heterocycles. The summed E-state index contributed by atoms with van der Waals surface area (Å²) in [4.78, 5) is 4.13. The largest absolute Gasteiger partial charge is 0.489 e. The Labute approximate surface area is 149 Å². The van der Waals surface area contributed by atoms with Crippen LogP contribution in [0.25, 0.3) is 0 Å². The van der Waals surface area contributed by atoms with E-state index in [4.69, 9.17) is 10.5 Å². The fraction of sp³-hybridized carbons (Fsp3) is 0.286. The molecule has 25 heavy (non-hydrogen) atoms. The van der Waals surface area contributed by atoms with Gasteiger partial charge in [-0.2, -0.15) is 0 Å². The molecule has 1 atom stereocenters. The minimum absolute atomic E-state index is 0.0681. The first-order valence-electron chi connectivity index (χ1n) is 8.64. The normalized spacial score (nSPS) is 12.1. The highest BCUT2D eigenvalue weighted by Crippen LogP contribution is 2.19. The zero-order valence-corrected chi connectivity index (χ0v) is 14.9. The highest BCUT2D eigenvalue weighted by Gasteiger charge is 2.13. The number of imidazole rings is 1. The van der Waals surface area contributed by atoms with E-state index in [-0.39, 0.29) is 6.10 Å². The number of benzene rings is 2. The predicted octanol–water partition coefficient (Wildman–Crippen LogP) is 4.16. The van der Waals surface area contributed by atoms with Gasteiger partial charge in [0, 0.05) is 18.1 Å². The van der Waals surface area contributed by atoms with Crippen LogP contribution in [0.1, 0.15) is 23.1 Å². The predicted molar refractivity (Wildman–Crippen MR) is 102 cm³/mol. The smallest absolute Gasteiger partial charge is 0.119 e. The summed E-state index contributed by atoms with van der Waals surface area (Å²) in [6.45, 7) is 5.08. The van der Waals surface area contributed by atoms with Crippen LogP contribution in [-0.4, -0.2) is 15.7 Å². The molecule has 4 heteroatoms. The lowest BCUT2D eigenvalue weighted by Crippen LogP contribution is -2.23. The standard InChI is InChI=1S/C21H25N3O/c1-16-3-4-18(17(2)13-16)5-8-21(14-24-12-11-23-15-24)25-20-9-6-19(22)7-10-20/h3-4,6-7,9-13,15,21H,5,8,14,22H2,1-2H3. The molecule has 0 aliphatic carbocycles. The highest BCUT2D eigenvalue weighted by molar-refractivity contribution is 5.41. The molecule has 130 valence electrons. The van der Waals surface area contributed by atoms with Crippen molar-refractivity contribution in [1.82, 2.24) is 9.55 Å². The number of hydrogen-bond donors (Lipinski definition) is 1. The van der Waals surface area contributed by atoms with Gasteiger partial charge in [0.2, 0.25) is 0 Å². The molecular formula is C21H25N3O. The number of aromatic nitrogens is 2. The summed E-state index contributed by atoms with van der Waals surface area (Å²) in [5.74, 6) is 0.847. The van der Waals surface area contributed by atoms with Crippen LogP contribution >= 0.6 is 0 Å². The van der Waals surface area contributed by atoms with Gasteiger partial charge in [-0.15, -0.1) is 0 Å². The Balaban J connectivity index is 1.70. The molecule has 0 amide bonds. The second kappa shape index (κ2) is 7.88. The summed E-state index contributed by atoms with van der Waals surface area (Å²) in [7, 11) is 0. The maximum absolute atomic E-state index is 6.22. The lowest BCUT2D eigenvalue weighted by atomic mass is 10.00. The van der Waals surface area contributed by atoms with Crippen molar-refractivity contribution in [3.8, 4) is 5.75 Å². The summed E-state index contributed by atoms with van der Waals surface area (Å²) in [6, 6.07) is 14.2. The van der Waals surface area contributed by atoms with E-state index in [0.717, 1.165) is 30.8 Å². The Morgan fingerprint density at radius 2 is 1.92 bits per heavy atom. The van der Waals surface area contributed by atoms with Gasteiger partial charge in [0.15, 0.2) is 0 Å². The van der Waals surface area contributed by atoms with Gasteiger partial charge in [-0.05, 0) is 62.1 Å². The zero-order chi connectivity index (χ0) is 17.6. The average molecular weight is 335 g/mol. The van der Waals surface area contributed by atoms with Crippen molar-refractivity contribution in [2.75, 3.05) is 5.73 Å². The number of anilines is 1. The first kappa shape index (κ1) is 17.1. The Morgan fingerprint density at radius 3 is 2.60 bits per heavy atom. The van der Waals surface area contributed by atoms with Gasteiger partial charge < -0.3 is 15.0 Å². The van der Waals surface area contributed by atoms with Crippen LogP contribution < -0.4 is 10.5 Å². The Kier molecular flexibility index (Phi) is 5.39. The first-order chi connectivity index (χ1) is 12.1. The van der Waals surface area contributed by atoms with Gasteiger partial charge in [0.25, 0.3) is 0 Å². The van der Waals surface area contributed by atoms with Crippen molar-refractivity contribution in [2.45, 2.75) is 39.3 Å². The number of rotatable bonds is 7. The van der Waals surface area contributed by atoms with Crippen molar-refractivity contribution >= 4 is 5.69 Å². The average Bonchev–Trinajstić information content (AvgIpc) is 3.09. The molecule has 0 fully saturated rings. The highest BCUT2D eigenvalue weighted by atomic mass is 16.5. The molecule has 0 spiro atoms. The van der Waals surface area contributed by atoms with Crippen LogP contribution in [0.4, 0.5) is 5.69 Å². The zero-order valence-electron chi connectivity index (χ0n) is 14.9. The molecule has 2 aromatic carbocycles. The van der Waals surface area contributed by atoms with Crippen LogP contribution in [0.15, 0.2) is 61.2 Å². The lowest BCUT2D eigenvalue weighted by molar-refractivity contribution is 0.170. The molecule has 0 bridgehead atoms. The van der Waals surface area contributed by atoms with Crippen LogP contribution in [0.2, 0.25) is 0 Å². The van der Waals surface area contributed by atoms with E-state index < -0.39 is 0 Å². The molecule has 0 aliphatic rings. The molecule has 3 aromatic rings. The molecule has 0 aliphatic heterocycles. The van der Waals surface area contributed by atoms with E-state index in [1.54, 1.807) is 6.20 Å². The second-order valence-corrected chi connectivity index (χ2v) is 6.54. The molecule has 0 radical (unpaired) electrons. The van der Waals surface area contributed by atoms with Crippen molar-refractivity contribution in [3.05, 3.63) is 77.9 Å². The van der Waals surface area contributed by atoms with E-state index in [1.165, 1.54) is 16.7 Å². The minimum atomic E-state index is 0.0681. The summed E-state index contributed by atoms with van der Waals surface area (Å²) in [5, 5.41) is 0.